The molecule has 0 atom stereocenters. The van der Waals surface area contributed by atoms with E-state index in [1.807, 2.05) is 0 Å². The van der Waals surface area contributed by atoms with Crippen molar-refractivity contribution in [1.29, 1.82) is 0 Å². The lowest BCUT2D eigenvalue weighted by Crippen LogP contribution is -2.45. The summed E-state index contributed by atoms with van der Waals surface area (Å²) in [4.78, 5) is 22.9. The molecule has 1 amide bonds. The van der Waals surface area contributed by atoms with Crippen LogP contribution >= 0.6 is 0 Å². The quantitative estimate of drug-likeness (QED) is 0.336. The second-order valence-corrected chi connectivity index (χ2v) is 9.30. The first-order valence-corrected chi connectivity index (χ1v) is 12.3. The predicted molar refractivity (Wildman–Crippen MR) is 136 cm³/mol. The van der Waals surface area contributed by atoms with Crippen molar-refractivity contribution in [3.05, 3.63) is 95.1 Å². The van der Waals surface area contributed by atoms with Crippen LogP contribution in [-0.4, -0.2) is 17.0 Å². The van der Waals surface area contributed by atoms with E-state index in [1.54, 1.807) is 6.92 Å². The topological polar surface area (TPSA) is 66.4 Å². The third-order valence-corrected chi connectivity index (χ3v) is 6.87. The summed E-state index contributed by atoms with van der Waals surface area (Å²) in [6.07, 6.45) is 6.82. The molecule has 0 unspecified atom stereocenters. The largest absolute Gasteiger partial charge is 0.481 e. The van der Waals surface area contributed by atoms with Crippen molar-refractivity contribution in [3.8, 4) is 11.1 Å². The van der Waals surface area contributed by atoms with Crippen molar-refractivity contribution >= 4 is 11.9 Å². The zero-order valence-electron chi connectivity index (χ0n) is 19.8. The number of benzene rings is 3. The Bertz CT molecular complexity index is 1100. The van der Waals surface area contributed by atoms with Crippen LogP contribution in [0.15, 0.2) is 72.8 Å². The summed E-state index contributed by atoms with van der Waals surface area (Å²) >= 11 is 0. The number of carbonyl (C=O) groups is 2. The summed E-state index contributed by atoms with van der Waals surface area (Å²) in [5.41, 5.74) is 6.80. The van der Waals surface area contributed by atoms with E-state index in [-0.39, 0.29) is 12.3 Å². The lowest BCUT2D eigenvalue weighted by Gasteiger charge is -2.33. The number of carbonyl (C=O) groups excluding carboxylic acids is 1. The van der Waals surface area contributed by atoms with Crippen LogP contribution in [0, 0.1) is 0 Å². The first-order chi connectivity index (χ1) is 16.5. The number of carboxylic acids is 1. The van der Waals surface area contributed by atoms with Gasteiger partial charge >= 0.3 is 5.97 Å². The van der Waals surface area contributed by atoms with Crippen LogP contribution in [0.2, 0.25) is 0 Å². The van der Waals surface area contributed by atoms with Gasteiger partial charge in [-0.1, -0.05) is 85.6 Å². The minimum Gasteiger partial charge on any atom is -0.481 e. The maximum atomic E-state index is 12.3. The molecule has 1 aliphatic rings. The number of aryl methyl sites for hydroxylation is 2. The van der Waals surface area contributed by atoms with Gasteiger partial charge < -0.3 is 10.4 Å². The fraction of sp³-hybridized carbons (Fsp3) is 0.333. The second-order valence-electron chi connectivity index (χ2n) is 9.30. The smallest absolute Gasteiger partial charge is 0.303 e. The third kappa shape index (κ3) is 5.22. The Morgan fingerprint density at radius 1 is 0.735 bits per heavy atom. The Hall–Kier alpha value is -3.40. The Morgan fingerprint density at radius 2 is 1.26 bits per heavy atom. The Labute approximate surface area is 202 Å². The minimum absolute atomic E-state index is 0.0230. The molecule has 0 bridgehead atoms. The van der Waals surface area contributed by atoms with Gasteiger partial charge in [0.15, 0.2) is 0 Å². The molecular weight excluding hydrogens is 422 g/mol. The standard InChI is InChI=1S/C30H33NO3/c1-22(32)31-30(27-13-8-6-11-25(27)26-12-7-9-14-28(26)30)21-20-24-18-16-23(17-19-24)10-4-2-3-5-15-29(33)34/h6-9,11-14,16-19H,2-5,10,15,20-21H2,1H3,(H,31,32)(H,33,34). The van der Waals surface area contributed by atoms with Crippen LogP contribution in [0.25, 0.3) is 11.1 Å². The van der Waals surface area contributed by atoms with Gasteiger partial charge in [-0.15, -0.1) is 0 Å². The number of fused-ring (bicyclic) bond motifs is 3. The van der Waals surface area contributed by atoms with Crippen molar-refractivity contribution in [2.45, 2.75) is 63.8 Å². The normalized spacial score (nSPS) is 13.2. The van der Waals surface area contributed by atoms with Gasteiger partial charge in [-0.2, -0.15) is 0 Å². The predicted octanol–water partition coefficient (Wildman–Crippen LogP) is 6.26. The monoisotopic (exact) mass is 455 g/mol. The fourth-order valence-electron chi connectivity index (χ4n) is 5.26. The molecule has 2 N–H and O–H groups in total. The van der Waals surface area contributed by atoms with E-state index in [1.165, 1.54) is 33.4 Å². The van der Waals surface area contributed by atoms with Crippen molar-refractivity contribution in [2.75, 3.05) is 0 Å². The van der Waals surface area contributed by atoms with E-state index < -0.39 is 11.5 Å². The number of rotatable bonds is 11. The van der Waals surface area contributed by atoms with E-state index in [2.05, 4.69) is 78.1 Å². The maximum Gasteiger partial charge on any atom is 0.303 e. The average molecular weight is 456 g/mol. The molecule has 176 valence electrons. The highest BCUT2D eigenvalue weighted by molar-refractivity contribution is 5.84. The summed E-state index contributed by atoms with van der Waals surface area (Å²) in [7, 11) is 0. The number of amides is 1. The average Bonchev–Trinajstić information content (AvgIpc) is 3.10. The molecule has 34 heavy (non-hydrogen) atoms. The molecule has 3 aromatic carbocycles. The lowest BCUT2D eigenvalue weighted by molar-refractivity contribution is -0.137. The van der Waals surface area contributed by atoms with Crippen LogP contribution in [0.5, 0.6) is 0 Å². The van der Waals surface area contributed by atoms with Gasteiger partial charge in [0.1, 0.15) is 0 Å². The van der Waals surface area contributed by atoms with E-state index in [0.717, 1.165) is 44.9 Å². The second kappa shape index (κ2) is 10.7. The molecule has 1 aliphatic carbocycles. The van der Waals surface area contributed by atoms with Crippen molar-refractivity contribution in [2.24, 2.45) is 0 Å². The first kappa shape index (κ1) is 23.7. The first-order valence-electron chi connectivity index (χ1n) is 12.3. The number of nitrogens with one attached hydrogen (secondary N) is 1. The number of carboxylic acid groups (broad SMARTS) is 1. The summed E-state index contributed by atoms with van der Waals surface area (Å²) in [5, 5.41) is 12.0. The summed E-state index contributed by atoms with van der Waals surface area (Å²) in [5.74, 6) is -0.731. The molecule has 3 aromatic rings. The van der Waals surface area contributed by atoms with E-state index in [0.29, 0.717) is 0 Å². The van der Waals surface area contributed by atoms with Gasteiger partial charge in [-0.05, 0) is 65.5 Å². The van der Waals surface area contributed by atoms with Crippen LogP contribution < -0.4 is 5.32 Å². The van der Waals surface area contributed by atoms with Crippen molar-refractivity contribution in [1.82, 2.24) is 5.32 Å². The number of hydrogen-bond acceptors (Lipinski definition) is 2. The molecule has 0 saturated carbocycles. The molecule has 0 aliphatic heterocycles. The molecule has 0 aromatic heterocycles. The zero-order valence-corrected chi connectivity index (χ0v) is 19.8. The molecule has 4 nitrogen and oxygen atoms in total. The molecule has 0 saturated heterocycles. The van der Waals surface area contributed by atoms with Crippen LogP contribution in [0.4, 0.5) is 0 Å². The van der Waals surface area contributed by atoms with Crippen LogP contribution in [-0.2, 0) is 28.0 Å². The van der Waals surface area contributed by atoms with Crippen molar-refractivity contribution < 1.29 is 14.7 Å². The molecule has 0 radical (unpaired) electrons. The SMILES string of the molecule is CC(=O)NC1(CCc2ccc(CCCCCCC(=O)O)cc2)c2ccccc2-c2ccccc21. The van der Waals surface area contributed by atoms with Gasteiger partial charge in [0.2, 0.25) is 5.91 Å². The van der Waals surface area contributed by atoms with Gasteiger partial charge in [-0.3, -0.25) is 9.59 Å². The molecule has 4 heteroatoms. The van der Waals surface area contributed by atoms with E-state index in [9.17, 15) is 9.59 Å². The molecule has 0 spiro atoms. The third-order valence-electron chi connectivity index (χ3n) is 6.87. The maximum absolute atomic E-state index is 12.3. The van der Waals surface area contributed by atoms with Crippen LogP contribution in [0.3, 0.4) is 0 Å². The fourth-order valence-corrected chi connectivity index (χ4v) is 5.26. The summed E-state index contributed by atoms with van der Waals surface area (Å²) in [6.45, 7) is 1.60. The highest BCUT2D eigenvalue weighted by atomic mass is 16.4. The van der Waals surface area contributed by atoms with E-state index in [4.69, 9.17) is 5.11 Å². The van der Waals surface area contributed by atoms with Gasteiger partial charge in [0.25, 0.3) is 0 Å². The lowest BCUT2D eigenvalue weighted by atomic mass is 9.82. The van der Waals surface area contributed by atoms with Gasteiger partial charge in [0.05, 0.1) is 5.54 Å². The Kier molecular flexibility index (Phi) is 7.46. The molecule has 4 rings (SSSR count). The highest BCUT2D eigenvalue weighted by Crippen LogP contribution is 2.49. The Morgan fingerprint density at radius 3 is 1.82 bits per heavy atom. The number of aliphatic carboxylic acids is 1. The highest BCUT2D eigenvalue weighted by Gasteiger charge is 2.43. The number of unbranched alkanes of at least 4 members (excludes halogenated alkanes) is 3. The summed E-state index contributed by atoms with van der Waals surface area (Å²) in [6, 6.07) is 25.6. The molecule has 0 heterocycles. The Balaban J connectivity index is 1.44. The van der Waals surface area contributed by atoms with Crippen molar-refractivity contribution in [3.63, 3.8) is 0 Å². The number of hydrogen-bond donors (Lipinski definition) is 2. The van der Waals surface area contributed by atoms with Crippen LogP contribution in [0.1, 0.15) is 67.7 Å². The zero-order chi connectivity index (χ0) is 24.0. The minimum atomic E-state index is -0.708. The van der Waals surface area contributed by atoms with E-state index >= 15 is 0 Å². The van der Waals surface area contributed by atoms with Gasteiger partial charge in [0, 0.05) is 13.3 Å². The molecular formula is C30H33NO3. The van der Waals surface area contributed by atoms with Gasteiger partial charge in [-0.25, -0.2) is 0 Å². The summed E-state index contributed by atoms with van der Waals surface area (Å²) < 4.78 is 0. The molecule has 0 fully saturated rings.